The van der Waals surface area contributed by atoms with Gasteiger partial charge in [0.15, 0.2) is 0 Å². The van der Waals surface area contributed by atoms with Crippen LogP contribution in [0.2, 0.25) is 0 Å². The smallest absolute Gasteiger partial charge is 0.427 e. The number of hydrogen-bond donors (Lipinski definition) is 1. The van der Waals surface area contributed by atoms with Crippen molar-refractivity contribution in [2.24, 2.45) is 5.92 Å². The molecule has 0 bridgehead atoms. The monoisotopic (exact) mass is 601 g/mol. The van der Waals surface area contributed by atoms with Crippen molar-refractivity contribution in [2.45, 2.75) is 50.5 Å². The van der Waals surface area contributed by atoms with Gasteiger partial charge >= 0.3 is 6.18 Å². The number of nitrogens with one attached hydrogen (secondary N) is 1. The number of nitrogens with zero attached hydrogens (tertiary/aromatic N) is 2. The van der Waals surface area contributed by atoms with Crippen LogP contribution in [0.5, 0.6) is 5.75 Å². The first-order valence-electron chi connectivity index (χ1n) is 14.5. The molecule has 2 amide bonds. The number of likely N-dealkylation sites (N-methyl/N-ethyl adjacent to an activating group) is 1. The van der Waals surface area contributed by atoms with Crippen LogP contribution in [0.15, 0.2) is 61.7 Å². The van der Waals surface area contributed by atoms with Crippen molar-refractivity contribution in [3.8, 4) is 16.9 Å². The maximum absolute atomic E-state index is 14.3. The molecule has 0 radical (unpaired) electrons. The lowest BCUT2D eigenvalue weighted by molar-refractivity contribution is -0.217. The standard InChI is InChI=1S/C33H39F4N3O3/c1-5-32(34,33(35,36)37)21-39-17-14-23(15-18-39)20-43-26-11-8-24(9-12-26)25-10-13-27(28(19-25)22(2)3)31(42)40-16-6-7-29(40)30(41)38-4/h5,8-13,19,23,29H,1-2,6-7,14-18,20-21H2,3-4H3,(H,38,41). The summed E-state index contributed by atoms with van der Waals surface area (Å²) < 4.78 is 59.5. The molecule has 2 fully saturated rings. The quantitative estimate of drug-likeness (QED) is 0.257. The molecule has 0 aliphatic carbocycles. The predicted molar refractivity (Wildman–Crippen MR) is 159 cm³/mol. The maximum atomic E-state index is 14.3. The third-order valence-electron chi connectivity index (χ3n) is 8.40. The molecular weight excluding hydrogens is 562 g/mol. The van der Waals surface area contributed by atoms with E-state index >= 15 is 0 Å². The van der Waals surface area contributed by atoms with Crippen molar-refractivity contribution in [3.63, 3.8) is 0 Å². The fourth-order valence-corrected chi connectivity index (χ4v) is 5.73. The highest BCUT2D eigenvalue weighted by molar-refractivity contribution is 6.02. The highest BCUT2D eigenvalue weighted by Crippen LogP contribution is 2.37. The molecule has 2 saturated heterocycles. The fourth-order valence-electron chi connectivity index (χ4n) is 5.73. The Balaban J connectivity index is 1.36. The van der Waals surface area contributed by atoms with Gasteiger partial charge in [-0.2, -0.15) is 13.2 Å². The molecule has 4 rings (SSSR count). The minimum absolute atomic E-state index is 0.154. The van der Waals surface area contributed by atoms with Crippen LogP contribution in [-0.2, 0) is 4.79 Å². The van der Waals surface area contributed by atoms with Crippen LogP contribution in [0.1, 0.15) is 48.5 Å². The molecule has 2 unspecified atom stereocenters. The Bertz CT molecular complexity index is 1340. The molecule has 1 N–H and O–H groups in total. The van der Waals surface area contributed by atoms with E-state index in [2.05, 4.69) is 18.5 Å². The van der Waals surface area contributed by atoms with Gasteiger partial charge in [-0.15, -0.1) is 0 Å². The van der Waals surface area contributed by atoms with E-state index in [1.807, 2.05) is 43.3 Å². The fraction of sp³-hybridized carbons (Fsp3) is 0.455. The summed E-state index contributed by atoms with van der Waals surface area (Å²) in [4.78, 5) is 28.9. The summed E-state index contributed by atoms with van der Waals surface area (Å²) in [5, 5.41) is 2.65. The molecule has 0 aromatic heterocycles. The zero-order valence-electron chi connectivity index (χ0n) is 24.7. The number of ether oxygens (including phenoxy) is 1. The number of allylic oxidation sites excluding steroid dienone is 1. The van der Waals surface area contributed by atoms with Gasteiger partial charge < -0.3 is 15.0 Å². The second-order valence-electron chi connectivity index (χ2n) is 11.4. The second kappa shape index (κ2) is 13.3. The van der Waals surface area contributed by atoms with Gasteiger partial charge in [-0.1, -0.05) is 36.9 Å². The van der Waals surface area contributed by atoms with Crippen molar-refractivity contribution in [3.05, 3.63) is 72.8 Å². The second-order valence-corrected chi connectivity index (χ2v) is 11.4. The van der Waals surface area contributed by atoms with Gasteiger partial charge in [0.2, 0.25) is 11.6 Å². The number of carbonyl (C=O) groups is 2. The summed E-state index contributed by atoms with van der Waals surface area (Å²) >= 11 is 0. The molecule has 2 aromatic carbocycles. The molecule has 10 heteroatoms. The van der Waals surface area contributed by atoms with Gasteiger partial charge in [0.25, 0.3) is 5.91 Å². The SMILES string of the molecule is C=CC(F)(CN1CCC(COc2ccc(-c3ccc(C(=O)N4CCCC4C(=O)NC)c(C(=C)C)c3)cc2)CC1)C(F)(F)F. The van der Waals surface area contributed by atoms with Crippen molar-refractivity contribution in [1.82, 2.24) is 15.1 Å². The normalized spacial score (nSPS) is 19.5. The molecule has 2 aromatic rings. The molecule has 2 atom stereocenters. The molecular formula is C33H39F4N3O3. The van der Waals surface area contributed by atoms with Crippen molar-refractivity contribution >= 4 is 17.4 Å². The van der Waals surface area contributed by atoms with E-state index in [1.165, 1.54) is 4.90 Å². The van der Waals surface area contributed by atoms with Crippen LogP contribution in [-0.4, -0.2) is 79.3 Å². The first-order valence-corrected chi connectivity index (χ1v) is 14.5. The Morgan fingerprint density at radius 2 is 1.65 bits per heavy atom. The molecule has 2 heterocycles. The van der Waals surface area contributed by atoms with E-state index in [4.69, 9.17) is 4.74 Å². The van der Waals surface area contributed by atoms with Crippen molar-refractivity contribution in [1.29, 1.82) is 0 Å². The van der Waals surface area contributed by atoms with E-state index in [9.17, 15) is 27.2 Å². The number of carbonyl (C=O) groups excluding carboxylic acids is 2. The summed E-state index contributed by atoms with van der Waals surface area (Å²) in [6, 6.07) is 12.7. The zero-order valence-corrected chi connectivity index (χ0v) is 24.7. The summed E-state index contributed by atoms with van der Waals surface area (Å²) in [6.45, 7) is 9.88. The van der Waals surface area contributed by atoms with E-state index < -0.39 is 24.4 Å². The lowest BCUT2D eigenvalue weighted by Gasteiger charge is -2.36. The van der Waals surface area contributed by atoms with Crippen LogP contribution in [0, 0.1) is 5.92 Å². The predicted octanol–water partition coefficient (Wildman–Crippen LogP) is 6.28. The molecule has 6 nitrogen and oxygen atoms in total. The van der Waals surface area contributed by atoms with Crippen molar-refractivity contribution in [2.75, 3.05) is 39.8 Å². The van der Waals surface area contributed by atoms with Gasteiger partial charge in [-0.25, -0.2) is 4.39 Å². The number of rotatable bonds is 10. The Labute approximate surface area is 250 Å². The maximum Gasteiger partial charge on any atom is 0.427 e. The highest BCUT2D eigenvalue weighted by atomic mass is 19.4. The third kappa shape index (κ3) is 7.29. The zero-order chi connectivity index (χ0) is 31.4. The number of benzene rings is 2. The molecule has 232 valence electrons. The number of hydrogen-bond acceptors (Lipinski definition) is 4. The van der Waals surface area contributed by atoms with Crippen LogP contribution < -0.4 is 10.1 Å². The summed E-state index contributed by atoms with van der Waals surface area (Å²) in [5.74, 6) is 0.472. The van der Waals surface area contributed by atoms with Gasteiger partial charge in [0, 0.05) is 25.7 Å². The number of piperidine rings is 1. The first kappa shape index (κ1) is 32.3. The van der Waals surface area contributed by atoms with Gasteiger partial charge in [-0.05, 0) is 98.6 Å². The summed E-state index contributed by atoms with van der Waals surface area (Å²) in [6.07, 6.45) is -2.01. The molecule has 0 spiro atoms. The number of halogens is 4. The average Bonchev–Trinajstić information content (AvgIpc) is 3.49. The van der Waals surface area contributed by atoms with Gasteiger partial charge in [-0.3, -0.25) is 14.5 Å². The number of alkyl halides is 4. The van der Waals surface area contributed by atoms with Gasteiger partial charge in [0.05, 0.1) is 6.61 Å². The number of amides is 2. The Hall–Kier alpha value is -3.66. The lowest BCUT2D eigenvalue weighted by Crippen LogP contribution is -2.50. The van der Waals surface area contributed by atoms with Crippen LogP contribution in [0.3, 0.4) is 0 Å². The van der Waals surface area contributed by atoms with Crippen LogP contribution >= 0.6 is 0 Å². The molecule has 2 aliphatic heterocycles. The molecule has 43 heavy (non-hydrogen) atoms. The minimum atomic E-state index is -4.99. The Kier molecular flexibility index (Phi) is 10.00. The van der Waals surface area contributed by atoms with E-state index in [1.54, 1.807) is 18.0 Å². The largest absolute Gasteiger partial charge is 0.493 e. The Morgan fingerprint density at radius 3 is 2.23 bits per heavy atom. The average molecular weight is 602 g/mol. The topological polar surface area (TPSA) is 61.9 Å². The third-order valence-corrected chi connectivity index (χ3v) is 8.40. The molecule has 2 aliphatic rings. The number of likely N-dealkylation sites (tertiary alicyclic amines) is 2. The Morgan fingerprint density at radius 1 is 1.00 bits per heavy atom. The van der Waals surface area contributed by atoms with E-state index in [0.717, 1.165) is 28.7 Å². The van der Waals surface area contributed by atoms with E-state index in [-0.39, 0.29) is 17.7 Å². The van der Waals surface area contributed by atoms with E-state index in [0.29, 0.717) is 62.9 Å². The van der Waals surface area contributed by atoms with Crippen LogP contribution in [0.4, 0.5) is 17.6 Å². The molecule has 0 saturated carbocycles. The summed E-state index contributed by atoms with van der Waals surface area (Å²) in [7, 11) is 1.57. The highest BCUT2D eigenvalue weighted by Gasteiger charge is 2.54. The summed E-state index contributed by atoms with van der Waals surface area (Å²) in [5.41, 5.74) is 0.395. The minimum Gasteiger partial charge on any atom is -0.493 e. The van der Waals surface area contributed by atoms with Gasteiger partial charge in [0.1, 0.15) is 11.8 Å². The van der Waals surface area contributed by atoms with Crippen LogP contribution in [0.25, 0.3) is 16.7 Å². The lowest BCUT2D eigenvalue weighted by atomic mass is 9.94. The van der Waals surface area contributed by atoms with Crippen molar-refractivity contribution < 1.29 is 31.9 Å². The first-order chi connectivity index (χ1) is 20.4.